The van der Waals surface area contributed by atoms with Gasteiger partial charge in [-0.3, -0.25) is 14.4 Å². The summed E-state index contributed by atoms with van der Waals surface area (Å²) in [7, 11) is 0. The maximum atomic E-state index is 14.2. The topological polar surface area (TPSA) is 130 Å². The van der Waals surface area contributed by atoms with E-state index in [0.29, 0.717) is 44.9 Å². The molecule has 9 nitrogen and oxygen atoms in total. The Balaban J connectivity index is 1.74. The number of benzene rings is 1. The van der Waals surface area contributed by atoms with Crippen LogP contribution < -0.4 is 0 Å². The first-order chi connectivity index (χ1) is 21.5. The van der Waals surface area contributed by atoms with Crippen LogP contribution in [0.4, 0.5) is 0 Å². The predicted molar refractivity (Wildman–Crippen MR) is 169 cm³/mol. The van der Waals surface area contributed by atoms with Gasteiger partial charge in [0, 0.05) is 36.6 Å². The van der Waals surface area contributed by atoms with Crippen molar-refractivity contribution in [1.29, 1.82) is 0 Å². The van der Waals surface area contributed by atoms with Gasteiger partial charge in [0.2, 0.25) is 5.78 Å². The predicted octanol–water partition coefficient (Wildman–Crippen LogP) is 4.34. The third kappa shape index (κ3) is 7.99. The SMILES string of the molecule is CC[C@H](Cc1ccccc1)[C@@H]1/C=C/C=C/CC(=O)[C@@H](C)[C@H](O)[C@@H](C)[C@@H]2CC[C@@H](C)C(=O)C(O)(O2)C(=O)N2CCCC[C@H]2C(=O)O1. The Bertz CT molecular complexity index is 1260. The molecule has 1 unspecified atom stereocenters. The lowest BCUT2D eigenvalue weighted by Gasteiger charge is -2.40. The van der Waals surface area contributed by atoms with Crippen molar-refractivity contribution in [3.63, 3.8) is 0 Å². The number of fused-ring (bicyclic) bond motifs is 3. The molecule has 9 heteroatoms. The van der Waals surface area contributed by atoms with E-state index >= 15 is 0 Å². The second-order valence-electron chi connectivity index (χ2n) is 13.0. The number of allylic oxidation sites excluding steroid dienone is 3. The third-order valence-electron chi connectivity index (χ3n) is 9.91. The summed E-state index contributed by atoms with van der Waals surface area (Å²) < 4.78 is 12.2. The van der Waals surface area contributed by atoms with Gasteiger partial charge in [0.05, 0.1) is 12.2 Å². The number of cyclic esters (lactones) is 1. The van der Waals surface area contributed by atoms with E-state index in [-0.39, 0.29) is 24.7 Å². The molecule has 3 aliphatic heterocycles. The molecule has 3 heterocycles. The van der Waals surface area contributed by atoms with Crippen LogP contribution in [-0.4, -0.2) is 75.2 Å². The van der Waals surface area contributed by atoms with Crippen LogP contribution >= 0.6 is 0 Å². The molecule has 2 fully saturated rings. The monoisotopic (exact) mass is 623 g/mol. The second kappa shape index (κ2) is 15.4. The largest absolute Gasteiger partial charge is 0.456 e. The van der Waals surface area contributed by atoms with Crippen LogP contribution in [0.25, 0.3) is 0 Å². The number of amides is 1. The van der Waals surface area contributed by atoms with Crippen LogP contribution in [0.1, 0.15) is 78.2 Å². The lowest BCUT2D eigenvalue weighted by atomic mass is 9.84. The van der Waals surface area contributed by atoms with Crippen molar-refractivity contribution in [1.82, 2.24) is 4.90 Å². The number of esters is 1. The zero-order valence-corrected chi connectivity index (χ0v) is 27.0. The van der Waals surface area contributed by atoms with Gasteiger partial charge in [-0.25, -0.2) is 4.79 Å². The lowest BCUT2D eigenvalue weighted by Crippen LogP contribution is -2.62. The maximum Gasteiger partial charge on any atom is 0.329 e. The van der Waals surface area contributed by atoms with Gasteiger partial charge in [-0.15, -0.1) is 0 Å². The van der Waals surface area contributed by atoms with Crippen molar-refractivity contribution < 1.29 is 38.9 Å². The molecule has 1 amide bonds. The molecule has 0 radical (unpaired) electrons. The Morgan fingerprint density at radius 2 is 1.73 bits per heavy atom. The van der Waals surface area contributed by atoms with Gasteiger partial charge in [0.25, 0.3) is 5.91 Å². The number of hydrogen-bond acceptors (Lipinski definition) is 8. The Labute approximate surface area is 266 Å². The summed E-state index contributed by atoms with van der Waals surface area (Å²) in [5.74, 6) is -7.54. The molecule has 0 aliphatic carbocycles. The number of rotatable bonds is 4. The average molecular weight is 624 g/mol. The number of Topliss-reactive ketones (excluding diaryl/α,β-unsaturated/α-hetero) is 2. The second-order valence-corrected chi connectivity index (χ2v) is 13.0. The van der Waals surface area contributed by atoms with Crippen LogP contribution in [0, 0.1) is 23.7 Å². The lowest BCUT2D eigenvalue weighted by molar-refractivity contribution is -0.237. The highest BCUT2D eigenvalue weighted by atomic mass is 16.6. The van der Waals surface area contributed by atoms with Gasteiger partial charge in [-0.2, -0.15) is 0 Å². The van der Waals surface area contributed by atoms with Crippen LogP contribution in [0.5, 0.6) is 0 Å². The summed E-state index contributed by atoms with van der Waals surface area (Å²) in [5.41, 5.74) is 1.10. The van der Waals surface area contributed by atoms with E-state index in [1.54, 1.807) is 45.1 Å². The molecule has 246 valence electrons. The molecule has 2 N–H and O–H groups in total. The van der Waals surface area contributed by atoms with Crippen LogP contribution in [-0.2, 0) is 35.1 Å². The summed E-state index contributed by atoms with van der Waals surface area (Å²) in [6.45, 7) is 7.17. The highest BCUT2D eigenvalue weighted by molar-refractivity contribution is 6.09. The smallest absolute Gasteiger partial charge is 0.329 e. The van der Waals surface area contributed by atoms with Crippen molar-refractivity contribution >= 4 is 23.4 Å². The molecule has 9 atom stereocenters. The Morgan fingerprint density at radius 1 is 1.00 bits per heavy atom. The highest BCUT2D eigenvalue weighted by Crippen LogP contribution is 2.35. The number of carbonyl (C=O) groups excluding carboxylic acids is 4. The van der Waals surface area contributed by atoms with Crippen LogP contribution in [0.15, 0.2) is 54.6 Å². The Morgan fingerprint density at radius 3 is 2.44 bits per heavy atom. The molecular weight excluding hydrogens is 574 g/mol. The van der Waals surface area contributed by atoms with Crippen molar-refractivity contribution in [2.75, 3.05) is 6.54 Å². The van der Waals surface area contributed by atoms with E-state index in [0.717, 1.165) is 5.56 Å². The summed E-state index contributed by atoms with van der Waals surface area (Å²) in [6, 6.07) is 8.93. The zero-order chi connectivity index (χ0) is 32.7. The number of carbonyl (C=O) groups is 4. The molecule has 2 bridgehead atoms. The average Bonchev–Trinajstić information content (AvgIpc) is 3.17. The summed E-state index contributed by atoms with van der Waals surface area (Å²) in [4.78, 5) is 55.9. The first kappa shape index (κ1) is 34.7. The molecule has 4 rings (SSSR count). The number of ketones is 2. The minimum Gasteiger partial charge on any atom is -0.456 e. The quantitative estimate of drug-likeness (QED) is 0.374. The third-order valence-corrected chi connectivity index (χ3v) is 9.91. The summed E-state index contributed by atoms with van der Waals surface area (Å²) in [6.07, 6.45) is 8.08. The fourth-order valence-corrected chi connectivity index (χ4v) is 6.76. The number of ether oxygens (including phenoxy) is 2. The first-order valence-electron chi connectivity index (χ1n) is 16.5. The number of aliphatic hydroxyl groups excluding tert-OH is 1. The molecule has 3 aliphatic rings. The van der Waals surface area contributed by atoms with Gasteiger partial charge in [0.1, 0.15) is 17.9 Å². The molecule has 45 heavy (non-hydrogen) atoms. The minimum atomic E-state index is -2.83. The molecule has 0 saturated carbocycles. The van der Waals surface area contributed by atoms with Crippen molar-refractivity contribution in [2.45, 2.75) is 109 Å². The van der Waals surface area contributed by atoms with E-state index in [1.807, 2.05) is 37.3 Å². The number of aliphatic hydroxyl groups is 2. The van der Waals surface area contributed by atoms with Crippen molar-refractivity contribution in [2.24, 2.45) is 23.7 Å². The van der Waals surface area contributed by atoms with Gasteiger partial charge >= 0.3 is 11.8 Å². The Hall–Kier alpha value is -3.14. The summed E-state index contributed by atoms with van der Waals surface area (Å²) in [5, 5.41) is 23.0. The van der Waals surface area contributed by atoms with Gasteiger partial charge in [-0.1, -0.05) is 76.3 Å². The van der Waals surface area contributed by atoms with E-state index in [4.69, 9.17) is 9.47 Å². The molecule has 2 saturated heterocycles. The molecular formula is C36H49NO8. The van der Waals surface area contributed by atoms with Crippen molar-refractivity contribution in [3.8, 4) is 0 Å². The number of piperidine rings is 1. The summed E-state index contributed by atoms with van der Waals surface area (Å²) >= 11 is 0. The van der Waals surface area contributed by atoms with Gasteiger partial charge < -0.3 is 24.6 Å². The van der Waals surface area contributed by atoms with E-state index in [1.165, 1.54) is 4.90 Å². The molecule has 0 aromatic heterocycles. The number of nitrogens with zero attached hydrogens (tertiary/aromatic N) is 1. The molecule has 1 aromatic carbocycles. The van der Waals surface area contributed by atoms with Gasteiger partial charge in [0.15, 0.2) is 0 Å². The minimum absolute atomic E-state index is 0.0739. The normalized spacial score (nSPS) is 36.1. The highest BCUT2D eigenvalue weighted by Gasteiger charge is 2.55. The fourth-order valence-electron chi connectivity index (χ4n) is 6.76. The molecule has 1 aromatic rings. The van der Waals surface area contributed by atoms with Crippen LogP contribution in [0.3, 0.4) is 0 Å². The van der Waals surface area contributed by atoms with Crippen LogP contribution in [0.2, 0.25) is 0 Å². The van der Waals surface area contributed by atoms with Crippen molar-refractivity contribution in [3.05, 3.63) is 60.2 Å². The number of hydrogen-bond donors (Lipinski definition) is 2. The van der Waals surface area contributed by atoms with E-state index < -0.39 is 65.6 Å². The Kier molecular flexibility index (Phi) is 11.9. The maximum absolute atomic E-state index is 14.2. The zero-order valence-electron chi connectivity index (χ0n) is 27.0. The van der Waals surface area contributed by atoms with Gasteiger partial charge in [-0.05, 0) is 56.6 Å². The first-order valence-corrected chi connectivity index (χ1v) is 16.5. The standard InChI is InChI=1S/C36H49NO8/c1-5-27(22-26-14-8-6-9-15-26)31-18-11-7-10-17-29(38)24(3)32(39)25(4)30-20-19-23(2)33(40)36(43,45-30)35(42)37-21-13-12-16-28(37)34(41)44-31/h6-11,14-15,18,23-25,27-28,30-32,39,43H,5,12-13,16-17,19-22H2,1-4H3/b10-7+,18-11+/t23-,24-,25+,27-,28+,30+,31+,32+,36?/m1/s1. The van der Waals surface area contributed by atoms with E-state index in [9.17, 15) is 29.4 Å². The molecule has 0 spiro atoms. The fraction of sp³-hybridized carbons (Fsp3) is 0.611. The van der Waals surface area contributed by atoms with E-state index in [2.05, 4.69) is 0 Å².